The molecule has 2 aromatic rings. The lowest BCUT2D eigenvalue weighted by Gasteiger charge is -2.13. The van der Waals surface area contributed by atoms with Crippen molar-refractivity contribution in [2.45, 2.75) is 19.9 Å². The summed E-state index contributed by atoms with van der Waals surface area (Å²) < 4.78 is 2.03. The van der Waals surface area contributed by atoms with Crippen molar-refractivity contribution in [2.75, 3.05) is 5.32 Å². The molecule has 1 heterocycles. The van der Waals surface area contributed by atoms with Crippen molar-refractivity contribution in [2.24, 2.45) is 0 Å². The van der Waals surface area contributed by atoms with E-state index in [4.69, 9.17) is 23.2 Å². The van der Waals surface area contributed by atoms with E-state index in [1.54, 1.807) is 18.3 Å². The first-order valence-electron chi connectivity index (χ1n) is 5.33. The molecule has 0 fully saturated rings. The Morgan fingerprint density at radius 1 is 1.29 bits per heavy atom. The van der Waals surface area contributed by atoms with Gasteiger partial charge in [0.15, 0.2) is 0 Å². The summed E-state index contributed by atoms with van der Waals surface area (Å²) in [6.07, 6.45) is 3.68. The lowest BCUT2D eigenvalue weighted by molar-refractivity contribution is 0.608. The normalized spacial score (nSPS) is 10.9. The minimum absolute atomic E-state index is 0.339. The fraction of sp³-hybridized carbons (Fsp3) is 0.250. The van der Waals surface area contributed by atoms with Crippen LogP contribution < -0.4 is 5.32 Å². The molecule has 0 bridgehead atoms. The van der Waals surface area contributed by atoms with Crippen molar-refractivity contribution in [1.82, 2.24) is 9.55 Å². The predicted molar refractivity (Wildman–Crippen MR) is 72.4 cm³/mol. The summed E-state index contributed by atoms with van der Waals surface area (Å²) in [4.78, 5) is 4.26. The average molecular weight is 270 g/mol. The number of anilines is 2. The van der Waals surface area contributed by atoms with E-state index in [0.717, 1.165) is 11.6 Å². The van der Waals surface area contributed by atoms with Gasteiger partial charge in [0.2, 0.25) is 5.95 Å². The number of halogens is 2. The van der Waals surface area contributed by atoms with E-state index in [1.807, 2.05) is 16.8 Å². The largest absolute Gasteiger partial charge is 0.324 e. The van der Waals surface area contributed by atoms with Gasteiger partial charge in [-0.15, -0.1) is 0 Å². The first-order chi connectivity index (χ1) is 8.08. The standard InChI is InChI=1S/C12H13Cl2N3/c1-8(2)17-6-5-15-12(17)16-11-4-3-9(13)7-10(11)14/h3-8H,1-2H3,(H,15,16). The third kappa shape index (κ3) is 2.73. The van der Waals surface area contributed by atoms with Crippen LogP contribution in [0.3, 0.4) is 0 Å². The maximum absolute atomic E-state index is 6.09. The predicted octanol–water partition coefficient (Wildman–Crippen LogP) is 4.51. The summed E-state index contributed by atoms with van der Waals surface area (Å²) in [6.45, 7) is 4.19. The number of hydrogen-bond acceptors (Lipinski definition) is 2. The zero-order chi connectivity index (χ0) is 12.4. The third-order valence-electron chi connectivity index (χ3n) is 2.40. The summed E-state index contributed by atoms with van der Waals surface area (Å²) >= 11 is 11.9. The molecule has 0 radical (unpaired) electrons. The fourth-order valence-corrected chi connectivity index (χ4v) is 1.99. The zero-order valence-electron chi connectivity index (χ0n) is 9.61. The van der Waals surface area contributed by atoms with Gasteiger partial charge in [0.25, 0.3) is 0 Å². The van der Waals surface area contributed by atoms with Crippen LogP contribution in [0.2, 0.25) is 10.0 Å². The van der Waals surface area contributed by atoms with E-state index in [9.17, 15) is 0 Å². The van der Waals surface area contributed by atoms with E-state index in [-0.39, 0.29) is 0 Å². The Morgan fingerprint density at radius 2 is 2.06 bits per heavy atom. The summed E-state index contributed by atoms with van der Waals surface area (Å²) in [7, 11) is 0. The Balaban J connectivity index is 2.28. The molecule has 0 aliphatic heterocycles. The molecule has 0 saturated heterocycles. The molecular weight excluding hydrogens is 257 g/mol. The lowest BCUT2D eigenvalue weighted by atomic mass is 10.3. The highest BCUT2D eigenvalue weighted by molar-refractivity contribution is 6.36. The van der Waals surface area contributed by atoms with Crippen LogP contribution in [-0.4, -0.2) is 9.55 Å². The second-order valence-electron chi connectivity index (χ2n) is 4.00. The van der Waals surface area contributed by atoms with Crippen LogP contribution in [0.5, 0.6) is 0 Å². The molecule has 0 spiro atoms. The molecule has 0 atom stereocenters. The minimum atomic E-state index is 0.339. The maximum Gasteiger partial charge on any atom is 0.207 e. The van der Waals surface area contributed by atoms with Crippen LogP contribution in [-0.2, 0) is 0 Å². The SMILES string of the molecule is CC(C)n1ccnc1Nc1ccc(Cl)cc1Cl. The number of hydrogen-bond donors (Lipinski definition) is 1. The van der Waals surface area contributed by atoms with Crippen molar-refractivity contribution in [3.8, 4) is 0 Å². The monoisotopic (exact) mass is 269 g/mol. The topological polar surface area (TPSA) is 29.9 Å². The van der Waals surface area contributed by atoms with Gasteiger partial charge in [0.05, 0.1) is 10.7 Å². The quantitative estimate of drug-likeness (QED) is 0.888. The van der Waals surface area contributed by atoms with E-state index in [0.29, 0.717) is 16.1 Å². The number of benzene rings is 1. The van der Waals surface area contributed by atoms with E-state index < -0.39 is 0 Å². The summed E-state index contributed by atoms with van der Waals surface area (Å²) in [6, 6.07) is 5.67. The van der Waals surface area contributed by atoms with Crippen LogP contribution >= 0.6 is 23.2 Å². The van der Waals surface area contributed by atoms with Gasteiger partial charge < -0.3 is 9.88 Å². The molecule has 5 heteroatoms. The summed E-state index contributed by atoms with van der Waals surface area (Å²) in [5.74, 6) is 0.768. The Morgan fingerprint density at radius 3 is 2.71 bits per heavy atom. The van der Waals surface area contributed by atoms with Gasteiger partial charge >= 0.3 is 0 Å². The van der Waals surface area contributed by atoms with Gasteiger partial charge in [-0.3, -0.25) is 0 Å². The first-order valence-corrected chi connectivity index (χ1v) is 6.08. The van der Waals surface area contributed by atoms with Crippen LogP contribution in [0.15, 0.2) is 30.6 Å². The number of nitrogens with zero attached hydrogens (tertiary/aromatic N) is 2. The first kappa shape index (κ1) is 12.3. The molecule has 1 aromatic carbocycles. The molecule has 0 unspecified atom stereocenters. The highest BCUT2D eigenvalue weighted by Gasteiger charge is 2.08. The number of nitrogens with one attached hydrogen (secondary N) is 1. The van der Waals surface area contributed by atoms with Crippen LogP contribution in [0.1, 0.15) is 19.9 Å². The van der Waals surface area contributed by atoms with Gasteiger partial charge in [0, 0.05) is 23.5 Å². The Bertz CT molecular complexity index is 520. The minimum Gasteiger partial charge on any atom is -0.324 e. The molecule has 90 valence electrons. The molecule has 0 amide bonds. The van der Waals surface area contributed by atoms with Gasteiger partial charge in [0.1, 0.15) is 0 Å². The highest BCUT2D eigenvalue weighted by Crippen LogP contribution is 2.28. The fourth-order valence-electron chi connectivity index (χ4n) is 1.54. The summed E-state index contributed by atoms with van der Waals surface area (Å²) in [5, 5.41) is 4.39. The second-order valence-corrected chi connectivity index (χ2v) is 4.84. The molecule has 0 saturated carbocycles. The van der Waals surface area contributed by atoms with Crippen molar-refractivity contribution in [1.29, 1.82) is 0 Å². The van der Waals surface area contributed by atoms with E-state index in [2.05, 4.69) is 24.1 Å². The van der Waals surface area contributed by atoms with Crippen LogP contribution in [0, 0.1) is 0 Å². The molecule has 0 aliphatic carbocycles. The van der Waals surface area contributed by atoms with Crippen LogP contribution in [0.4, 0.5) is 11.6 Å². The van der Waals surface area contributed by atoms with E-state index >= 15 is 0 Å². The molecule has 17 heavy (non-hydrogen) atoms. The van der Waals surface area contributed by atoms with Crippen LogP contribution in [0.25, 0.3) is 0 Å². The maximum atomic E-state index is 6.09. The van der Waals surface area contributed by atoms with Gasteiger partial charge in [-0.25, -0.2) is 4.98 Å². The molecular formula is C12H13Cl2N3. The Labute approximate surface area is 110 Å². The zero-order valence-corrected chi connectivity index (χ0v) is 11.1. The molecule has 2 rings (SSSR count). The van der Waals surface area contributed by atoms with Crippen molar-refractivity contribution >= 4 is 34.8 Å². The van der Waals surface area contributed by atoms with Crippen molar-refractivity contribution < 1.29 is 0 Å². The van der Waals surface area contributed by atoms with Crippen molar-refractivity contribution in [3.63, 3.8) is 0 Å². The number of aromatic nitrogens is 2. The van der Waals surface area contributed by atoms with Crippen molar-refractivity contribution in [3.05, 3.63) is 40.6 Å². The lowest BCUT2D eigenvalue weighted by Crippen LogP contribution is -2.05. The summed E-state index contributed by atoms with van der Waals surface area (Å²) in [5.41, 5.74) is 0.796. The highest BCUT2D eigenvalue weighted by atomic mass is 35.5. The second kappa shape index (κ2) is 4.98. The average Bonchev–Trinajstić information content (AvgIpc) is 2.70. The number of imidazole rings is 1. The molecule has 3 nitrogen and oxygen atoms in total. The van der Waals surface area contributed by atoms with E-state index in [1.165, 1.54) is 0 Å². The smallest absolute Gasteiger partial charge is 0.207 e. The Hall–Kier alpha value is -1.19. The van der Waals surface area contributed by atoms with Gasteiger partial charge in [-0.05, 0) is 32.0 Å². The molecule has 1 aromatic heterocycles. The van der Waals surface area contributed by atoms with Gasteiger partial charge in [-0.1, -0.05) is 23.2 Å². The Kier molecular flexibility index (Phi) is 3.60. The van der Waals surface area contributed by atoms with Gasteiger partial charge in [-0.2, -0.15) is 0 Å². The molecule has 1 N–H and O–H groups in total. The molecule has 0 aliphatic rings. The number of rotatable bonds is 3. The third-order valence-corrected chi connectivity index (χ3v) is 2.95.